The third kappa shape index (κ3) is 2.92. The topological polar surface area (TPSA) is 59.7 Å². The zero-order chi connectivity index (χ0) is 21.2. The smallest absolute Gasteiger partial charge is 0.378 e. The summed E-state index contributed by atoms with van der Waals surface area (Å²) in [4.78, 5) is 19.6. The van der Waals surface area contributed by atoms with Crippen LogP contribution >= 0.6 is 15.9 Å². The molecule has 0 spiro atoms. The monoisotopic (exact) mass is 480 g/mol. The summed E-state index contributed by atoms with van der Waals surface area (Å²) >= 11 is 3.51. The second kappa shape index (κ2) is 6.78. The number of anilines is 1. The molecule has 2 aromatic heterocycles. The molecular weight excluding hydrogens is 465 g/mol. The van der Waals surface area contributed by atoms with Gasteiger partial charge < -0.3 is 9.64 Å². The van der Waals surface area contributed by atoms with Crippen LogP contribution in [0.4, 0.5) is 19.0 Å². The van der Waals surface area contributed by atoms with Crippen molar-refractivity contribution in [2.45, 2.75) is 19.5 Å². The highest BCUT2D eigenvalue weighted by atomic mass is 79.9. The highest BCUT2D eigenvalue weighted by molar-refractivity contribution is 9.10. The lowest BCUT2D eigenvalue weighted by molar-refractivity contribution is -0.138. The highest BCUT2D eigenvalue weighted by Gasteiger charge is 2.37. The highest BCUT2D eigenvalue weighted by Crippen LogP contribution is 2.38. The second-order valence-electron chi connectivity index (χ2n) is 7.36. The van der Waals surface area contributed by atoms with Gasteiger partial charge in [0.1, 0.15) is 5.69 Å². The Morgan fingerprint density at radius 3 is 2.63 bits per heavy atom. The molecule has 0 unspecified atom stereocenters. The largest absolute Gasteiger partial charge is 0.416 e. The molecule has 5 rings (SSSR count). The Labute approximate surface area is 177 Å². The van der Waals surface area contributed by atoms with E-state index in [2.05, 4.69) is 30.9 Å². The molecule has 1 fully saturated rings. The van der Waals surface area contributed by atoms with Crippen LogP contribution in [0.5, 0.6) is 0 Å². The Balaban J connectivity index is 1.67. The van der Waals surface area contributed by atoms with Crippen molar-refractivity contribution in [3.8, 4) is 0 Å². The van der Waals surface area contributed by atoms with Gasteiger partial charge in [-0.15, -0.1) is 5.10 Å². The van der Waals surface area contributed by atoms with E-state index in [1.807, 2.05) is 6.07 Å². The van der Waals surface area contributed by atoms with Crippen LogP contribution in [-0.2, 0) is 17.3 Å². The molecule has 0 N–H and O–H groups in total. The number of alkyl halides is 3. The maximum Gasteiger partial charge on any atom is 0.416 e. The number of carbonyl (C=O) groups is 1. The van der Waals surface area contributed by atoms with Crippen molar-refractivity contribution in [3.63, 3.8) is 0 Å². The molecular formula is C20H16BrF3N4O2. The van der Waals surface area contributed by atoms with Crippen molar-refractivity contribution < 1.29 is 22.7 Å². The fourth-order valence-corrected chi connectivity index (χ4v) is 4.57. The van der Waals surface area contributed by atoms with Crippen LogP contribution in [0.25, 0.3) is 5.65 Å². The molecule has 0 saturated carbocycles. The van der Waals surface area contributed by atoms with Crippen LogP contribution in [0.1, 0.15) is 38.4 Å². The first-order valence-electron chi connectivity index (χ1n) is 9.41. The zero-order valence-corrected chi connectivity index (χ0v) is 17.5. The van der Waals surface area contributed by atoms with E-state index in [0.29, 0.717) is 53.5 Å². The summed E-state index contributed by atoms with van der Waals surface area (Å²) in [5.41, 5.74) is 1.17. The summed E-state index contributed by atoms with van der Waals surface area (Å²) in [6.07, 6.45) is -4.33. The first-order chi connectivity index (χ1) is 14.3. The molecule has 0 bridgehead atoms. The Hall–Kier alpha value is -2.46. The number of nitrogens with zero attached hydrogens (tertiary/aromatic N) is 4. The molecule has 1 saturated heterocycles. The summed E-state index contributed by atoms with van der Waals surface area (Å²) in [6.45, 7) is 3.94. The minimum absolute atomic E-state index is 0.0670. The molecule has 1 aliphatic carbocycles. The van der Waals surface area contributed by atoms with E-state index in [1.54, 1.807) is 4.52 Å². The molecule has 156 valence electrons. The Kier molecular flexibility index (Phi) is 4.41. The number of aromatic nitrogens is 3. The molecule has 0 radical (unpaired) electrons. The predicted molar refractivity (Wildman–Crippen MR) is 106 cm³/mol. The van der Waals surface area contributed by atoms with Crippen molar-refractivity contribution >= 4 is 33.2 Å². The number of morpholine rings is 1. The molecule has 2 aliphatic rings. The fourth-order valence-electron chi connectivity index (χ4n) is 4.10. The SMILES string of the molecule is Cc1c(C(F)(F)F)ccc2c1Cc1c(nc3c(Br)cc(N4CCOCC4)nn13)C2=O. The van der Waals surface area contributed by atoms with Gasteiger partial charge in [-0.1, -0.05) is 6.07 Å². The standard InChI is InChI=1S/C20H16BrF3N4O2/c1-10-12-8-15-17(18(29)11(12)2-3-13(10)20(22,23)24)25-19-14(21)9-16(26-28(15)19)27-4-6-30-7-5-27/h2-3,9H,4-8H2,1H3. The lowest BCUT2D eigenvalue weighted by Gasteiger charge is -2.28. The van der Waals surface area contributed by atoms with Crippen LogP contribution < -0.4 is 4.90 Å². The van der Waals surface area contributed by atoms with Gasteiger partial charge in [0.25, 0.3) is 0 Å². The normalized spacial score (nSPS) is 16.7. The number of halogens is 4. The molecule has 3 heterocycles. The first kappa shape index (κ1) is 19.5. The fraction of sp³-hybridized carbons (Fsp3) is 0.350. The van der Waals surface area contributed by atoms with Gasteiger partial charge in [-0.25, -0.2) is 9.50 Å². The number of carbonyl (C=O) groups excluding carboxylic acids is 1. The van der Waals surface area contributed by atoms with Crippen LogP contribution in [0.15, 0.2) is 22.7 Å². The predicted octanol–water partition coefficient (Wildman–Crippen LogP) is 3.79. The number of imidazole rings is 1. The maximum absolute atomic E-state index is 13.4. The van der Waals surface area contributed by atoms with E-state index in [4.69, 9.17) is 4.74 Å². The van der Waals surface area contributed by atoms with Gasteiger partial charge >= 0.3 is 6.18 Å². The molecule has 3 aromatic rings. The number of ketones is 1. The van der Waals surface area contributed by atoms with Gasteiger partial charge in [-0.05, 0) is 40.0 Å². The minimum Gasteiger partial charge on any atom is -0.378 e. The number of rotatable bonds is 1. The van der Waals surface area contributed by atoms with Crippen LogP contribution in [0.2, 0.25) is 0 Å². The summed E-state index contributed by atoms with van der Waals surface area (Å²) in [5, 5.41) is 4.66. The summed E-state index contributed by atoms with van der Waals surface area (Å²) in [6, 6.07) is 4.06. The summed E-state index contributed by atoms with van der Waals surface area (Å²) in [5.74, 6) is 0.310. The van der Waals surface area contributed by atoms with Gasteiger partial charge in [0.2, 0.25) is 5.78 Å². The Morgan fingerprint density at radius 1 is 1.20 bits per heavy atom. The second-order valence-corrected chi connectivity index (χ2v) is 8.21. The van der Waals surface area contributed by atoms with Crippen LogP contribution in [0.3, 0.4) is 0 Å². The maximum atomic E-state index is 13.4. The number of benzene rings is 1. The van der Waals surface area contributed by atoms with Gasteiger partial charge in [0.15, 0.2) is 11.5 Å². The third-order valence-corrected chi connectivity index (χ3v) is 6.25. The van der Waals surface area contributed by atoms with Crippen molar-refractivity contribution in [1.82, 2.24) is 14.6 Å². The Bertz CT molecular complexity index is 1200. The summed E-state index contributed by atoms with van der Waals surface area (Å²) in [7, 11) is 0. The first-order valence-corrected chi connectivity index (χ1v) is 10.2. The molecule has 1 aliphatic heterocycles. The van der Waals surface area contributed by atoms with E-state index in [-0.39, 0.29) is 29.0 Å². The third-order valence-electron chi connectivity index (χ3n) is 5.66. The van der Waals surface area contributed by atoms with Crippen molar-refractivity contribution in [2.24, 2.45) is 0 Å². The number of hydrogen-bond acceptors (Lipinski definition) is 5. The van der Waals surface area contributed by atoms with Gasteiger partial charge in [0.05, 0.1) is 28.9 Å². The lowest BCUT2D eigenvalue weighted by atomic mass is 9.86. The minimum atomic E-state index is -4.48. The molecule has 30 heavy (non-hydrogen) atoms. The van der Waals surface area contributed by atoms with Crippen LogP contribution in [0, 0.1) is 6.92 Å². The van der Waals surface area contributed by atoms with Crippen molar-refractivity contribution in [2.75, 3.05) is 31.2 Å². The molecule has 1 aromatic carbocycles. The molecule has 0 amide bonds. The van der Waals surface area contributed by atoms with E-state index in [0.717, 1.165) is 6.07 Å². The van der Waals surface area contributed by atoms with E-state index < -0.39 is 11.7 Å². The quantitative estimate of drug-likeness (QED) is 0.414. The molecule has 10 heteroatoms. The number of hydrogen-bond donors (Lipinski definition) is 0. The molecule has 6 nitrogen and oxygen atoms in total. The Morgan fingerprint density at radius 2 is 1.93 bits per heavy atom. The van der Waals surface area contributed by atoms with E-state index in [9.17, 15) is 18.0 Å². The van der Waals surface area contributed by atoms with Crippen molar-refractivity contribution in [3.05, 3.63) is 56.3 Å². The van der Waals surface area contributed by atoms with Crippen LogP contribution in [-0.4, -0.2) is 46.7 Å². The average molecular weight is 481 g/mol. The number of fused-ring (bicyclic) bond motifs is 4. The molecule has 0 atom stereocenters. The van der Waals surface area contributed by atoms with E-state index in [1.165, 1.54) is 13.0 Å². The van der Waals surface area contributed by atoms with Crippen molar-refractivity contribution in [1.29, 1.82) is 0 Å². The zero-order valence-electron chi connectivity index (χ0n) is 15.9. The summed E-state index contributed by atoms with van der Waals surface area (Å²) < 4.78 is 47.8. The lowest BCUT2D eigenvalue weighted by Crippen LogP contribution is -2.37. The number of ether oxygens (including phenoxy) is 1. The average Bonchev–Trinajstić information content (AvgIpc) is 3.08. The van der Waals surface area contributed by atoms with Gasteiger partial charge in [-0.2, -0.15) is 13.2 Å². The van der Waals surface area contributed by atoms with Gasteiger partial charge in [0, 0.05) is 31.1 Å². The van der Waals surface area contributed by atoms with Gasteiger partial charge in [-0.3, -0.25) is 4.79 Å². The van der Waals surface area contributed by atoms with E-state index >= 15 is 0 Å².